The third-order valence-electron chi connectivity index (χ3n) is 2.27. The van der Waals surface area contributed by atoms with E-state index >= 15 is 0 Å². The first-order valence-corrected chi connectivity index (χ1v) is 5.17. The van der Waals surface area contributed by atoms with Crippen LogP contribution in [0, 0.1) is 11.3 Å². The van der Waals surface area contributed by atoms with Crippen molar-refractivity contribution in [2.24, 2.45) is 0 Å². The molecule has 2 rings (SSSR count). The monoisotopic (exact) mass is 228 g/mol. The molecular weight excluding hydrogens is 216 g/mol. The molecule has 0 saturated carbocycles. The molecule has 0 spiro atoms. The van der Waals surface area contributed by atoms with Gasteiger partial charge in [-0.1, -0.05) is 12.1 Å². The maximum absolute atomic E-state index is 8.57. The molecule has 86 valence electrons. The van der Waals surface area contributed by atoms with E-state index in [0.29, 0.717) is 23.8 Å². The average Bonchev–Trinajstić information content (AvgIpc) is 2.78. The van der Waals surface area contributed by atoms with E-state index in [0.717, 1.165) is 0 Å². The number of para-hydroxylation sites is 2. The first kappa shape index (κ1) is 11.1. The lowest BCUT2D eigenvalue weighted by Crippen LogP contribution is -1.90. The fourth-order valence-corrected chi connectivity index (χ4v) is 1.49. The van der Waals surface area contributed by atoms with Crippen molar-refractivity contribution >= 4 is 0 Å². The van der Waals surface area contributed by atoms with Crippen molar-refractivity contribution in [2.45, 2.75) is 6.54 Å². The van der Waals surface area contributed by atoms with Crippen LogP contribution in [-0.2, 0) is 6.54 Å². The van der Waals surface area contributed by atoms with E-state index in [-0.39, 0.29) is 0 Å². The number of ether oxygens (including phenoxy) is 2. The van der Waals surface area contributed by atoms with Crippen LogP contribution >= 0.6 is 0 Å². The molecule has 0 aliphatic rings. The van der Waals surface area contributed by atoms with Gasteiger partial charge in [-0.2, -0.15) is 5.26 Å². The van der Waals surface area contributed by atoms with E-state index in [9.17, 15) is 0 Å². The first-order chi connectivity index (χ1) is 8.33. The van der Waals surface area contributed by atoms with Crippen LogP contribution in [0.3, 0.4) is 0 Å². The van der Waals surface area contributed by atoms with E-state index in [1.807, 2.05) is 30.3 Å². The predicted octanol–water partition coefficient (Wildman–Crippen LogP) is 2.81. The number of rotatable bonds is 4. The molecule has 17 heavy (non-hydrogen) atoms. The van der Waals surface area contributed by atoms with Gasteiger partial charge in [0.1, 0.15) is 12.3 Å². The first-order valence-electron chi connectivity index (χ1n) is 5.17. The van der Waals surface area contributed by atoms with Crippen molar-refractivity contribution in [3.05, 3.63) is 42.7 Å². The summed E-state index contributed by atoms with van der Waals surface area (Å²) in [5, 5.41) is 8.57. The Morgan fingerprint density at radius 1 is 1.24 bits per heavy atom. The second kappa shape index (κ2) is 5.08. The highest BCUT2D eigenvalue weighted by atomic mass is 16.5. The standard InChI is InChI=1S/C13H12N2O2/c1-16-12-4-2-3-5-13(12)17-11-6-8-15(10-11)9-7-14/h2-6,8,10H,9H2,1H3. The Balaban J connectivity index is 2.17. The molecule has 0 atom stereocenters. The molecule has 1 aromatic carbocycles. The predicted molar refractivity (Wildman–Crippen MR) is 63.1 cm³/mol. The molecular formula is C13H12N2O2. The Morgan fingerprint density at radius 3 is 2.71 bits per heavy atom. The minimum Gasteiger partial charge on any atom is -0.493 e. The molecule has 2 aromatic rings. The number of nitriles is 1. The normalized spacial score (nSPS) is 9.65. The van der Waals surface area contributed by atoms with E-state index < -0.39 is 0 Å². The Morgan fingerprint density at radius 2 is 2.00 bits per heavy atom. The summed E-state index contributed by atoms with van der Waals surface area (Å²) < 4.78 is 12.6. The van der Waals surface area contributed by atoms with Crippen LogP contribution in [0.4, 0.5) is 0 Å². The molecule has 0 bridgehead atoms. The largest absolute Gasteiger partial charge is 0.493 e. The highest BCUT2D eigenvalue weighted by Crippen LogP contribution is 2.30. The molecule has 0 fully saturated rings. The van der Waals surface area contributed by atoms with Crippen molar-refractivity contribution in [3.63, 3.8) is 0 Å². The summed E-state index contributed by atoms with van der Waals surface area (Å²) >= 11 is 0. The van der Waals surface area contributed by atoms with Gasteiger partial charge in [-0.3, -0.25) is 0 Å². The third kappa shape index (κ3) is 2.58. The molecule has 0 radical (unpaired) electrons. The number of hydrogen-bond acceptors (Lipinski definition) is 3. The van der Waals surface area contributed by atoms with E-state index in [1.54, 1.807) is 24.1 Å². The fourth-order valence-electron chi connectivity index (χ4n) is 1.49. The van der Waals surface area contributed by atoms with Gasteiger partial charge in [0, 0.05) is 12.4 Å². The quantitative estimate of drug-likeness (QED) is 0.808. The smallest absolute Gasteiger partial charge is 0.169 e. The van der Waals surface area contributed by atoms with Gasteiger partial charge in [0.15, 0.2) is 11.5 Å². The minimum atomic E-state index is 0.315. The van der Waals surface area contributed by atoms with Crippen LogP contribution in [0.15, 0.2) is 42.7 Å². The lowest BCUT2D eigenvalue weighted by molar-refractivity contribution is 0.379. The molecule has 4 nitrogen and oxygen atoms in total. The second-order valence-electron chi connectivity index (χ2n) is 3.43. The van der Waals surface area contributed by atoms with Crippen molar-refractivity contribution in [1.29, 1.82) is 5.26 Å². The molecule has 0 unspecified atom stereocenters. The Kier molecular flexibility index (Phi) is 3.31. The number of aromatic nitrogens is 1. The van der Waals surface area contributed by atoms with Crippen molar-refractivity contribution in [1.82, 2.24) is 4.57 Å². The Bertz CT molecular complexity index is 540. The number of methoxy groups -OCH3 is 1. The van der Waals surface area contributed by atoms with Crippen LogP contribution in [0.5, 0.6) is 17.2 Å². The molecule has 1 heterocycles. The summed E-state index contributed by atoms with van der Waals surface area (Å²) in [7, 11) is 1.60. The van der Waals surface area contributed by atoms with Crippen molar-refractivity contribution in [3.8, 4) is 23.3 Å². The minimum absolute atomic E-state index is 0.315. The van der Waals surface area contributed by atoms with Gasteiger partial charge in [-0.05, 0) is 18.2 Å². The van der Waals surface area contributed by atoms with Gasteiger partial charge in [0.25, 0.3) is 0 Å². The lowest BCUT2D eigenvalue weighted by atomic mass is 10.3. The highest BCUT2D eigenvalue weighted by molar-refractivity contribution is 5.42. The van der Waals surface area contributed by atoms with Crippen LogP contribution < -0.4 is 9.47 Å². The molecule has 0 N–H and O–H groups in total. The number of nitrogens with zero attached hydrogens (tertiary/aromatic N) is 2. The van der Waals surface area contributed by atoms with Gasteiger partial charge < -0.3 is 14.0 Å². The second-order valence-corrected chi connectivity index (χ2v) is 3.43. The van der Waals surface area contributed by atoms with Crippen LogP contribution in [0.2, 0.25) is 0 Å². The summed E-state index contributed by atoms with van der Waals surface area (Å²) in [5.74, 6) is 2.02. The zero-order valence-corrected chi connectivity index (χ0v) is 9.46. The van der Waals surface area contributed by atoms with Crippen LogP contribution in [0.1, 0.15) is 0 Å². The zero-order chi connectivity index (χ0) is 12.1. The number of benzene rings is 1. The summed E-state index contributed by atoms with van der Waals surface area (Å²) in [6, 6.07) is 11.3. The Hall–Kier alpha value is -2.41. The molecule has 0 amide bonds. The number of hydrogen-bond donors (Lipinski definition) is 0. The van der Waals surface area contributed by atoms with E-state index in [4.69, 9.17) is 14.7 Å². The van der Waals surface area contributed by atoms with E-state index in [2.05, 4.69) is 6.07 Å². The molecule has 0 saturated heterocycles. The van der Waals surface area contributed by atoms with Gasteiger partial charge in [0.2, 0.25) is 0 Å². The van der Waals surface area contributed by atoms with Gasteiger partial charge in [-0.25, -0.2) is 0 Å². The van der Waals surface area contributed by atoms with Crippen molar-refractivity contribution in [2.75, 3.05) is 7.11 Å². The average molecular weight is 228 g/mol. The third-order valence-corrected chi connectivity index (χ3v) is 2.27. The SMILES string of the molecule is COc1ccccc1Oc1ccn(CC#N)c1. The molecule has 0 aliphatic heterocycles. The summed E-state index contributed by atoms with van der Waals surface area (Å²) in [5.41, 5.74) is 0. The van der Waals surface area contributed by atoms with Crippen molar-refractivity contribution < 1.29 is 9.47 Å². The summed E-state index contributed by atoms with van der Waals surface area (Å²) in [6.45, 7) is 0.315. The van der Waals surface area contributed by atoms with Gasteiger partial charge in [-0.15, -0.1) is 0 Å². The molecule has 4 heteroatoms. The fraction of sp³-hybridized carbons (Fsp3) is 0.154. The zero-order valence-electron chi connectivity index (χ0n) is 9.46. The van der Waals surface area contributed by atoms with Crippen LogP contribution in [-0.4, -0.2) is 11.7 Å². The summed E-state index contributed by atoms with van der Waals surface area (Å²) in [4.78, 5) is 0. The highest BCUT2D eigenvalue weighted by Gasteiger charge is 2.05. The molecule has 1 aromatic heterocycles. The van der Waals surface area contributed by atoms with Gasteiger partial charge >= 0.3 is 0 Å². The maximum Gasteiger partial charge on any atom is 0.169 e. The van der Waals surface area contributed by atoms with Crippen LogP contribution in [0.25, 0.3) is 0 Å². The van der Waals surface area contributed by atoms with Gasteiger partial charge in [0.05, 0.1) is 13.2 Å². The lowest BCUT2D eigenvalue weighted by Gasteiger charge is -2.07. The summed E-state index contributed by atoms with van der Waals surface area (Å²) in [6.07, 6.45) is 3.57. The maximum atomic E-state index is 8.57. The molecule has 0 aliphatic carbocycles. The van der Waals surface area contributed by atoms with E-state index in [1.165, 1.54) is 0 Å². The topological polar surface area (TPSA) is 47.2 Å². The Labute approximate surface area is 99.6 Å².